The van der Waals surface area contributed by atoms with E-state index in [1.54, 1.807) is 4.90 Å². The van der Waals surface area contributed by atoms with E-state index in [0.717, 1.165) is 31.2 Å². The van der Waals surface area contributed by atoms with Crippen molar-refractivity contribution in [2.45, 2.75) is 77.2 Å². The van der Waals surface area contributed by atoms with Gasteiger partial charge < -0.3 is 34.3 Å². The predicted octanol–water partition coefficient (Wildman–Crippen LogP) is 3.65. The molecule has 0 bridgehead atoms. The second kappa shape index (κ2) is 17.2. The summed E-state index contributed by atoms with van der Waals surface area (Å²) in [7, 11) is 0. The summed E-state index contributed by atoms with van der Waals surface area (Å²) in [5, 5.41) is 5.56. The van der Waals surface area contributed by atoms with Crippen LogP contribution in [0.15, 0.2) is 30.3 Å². The monoisotopic (exact) mass is 577 g/mol. The second-order valence-electron chi connectivity index (χ2n) is 11.4. The largest absolute Gasteiger partial charge is 0.445 e. The predicted molar refractivity (Wildman–Crippen MR) is 152 cm³/mol. The number of carbonyl (C=O) groups excluding carboxylic acids is 3. The number of hydrogen-bond donors (Lipinski definition) is 2. The fourth-order valence-corrected chi connectivity index (χ4v) is 5.18. The highest BCUT2D eigenvalue weighted by Gasteiger charge is 2.48. The van der Waals surface area contributed by atoms with Crippen LogP contribution in [-0.4, -0.2) is 93.4 Å². The first-order valence-corrected chi connectivity index (χ1v) is 14.7. The lowest BCUT2D eigenvalue weighted by Gasteiger charge is -2.34. The Bertz CT molecular complexity index is 939. The van der Waals surface area contributed by atoms with E-state index in [1.807, 2.05) is 51.1 Å². The first kappa shape index (κ1) is 32.6. The van der Waals surface area contributed by atoms with Gasteiger partial charge in [-0.25, -0.2) is 9.59 Å². The molecule has 3 atom stereocenters. The normalized spacial score (nSPS) is 20.3. The van der Waals surface area contributed by atoms with Gasteiger partial charge in [-0.1, -0.05) is 43.2 Å². The molecule has 11 heteroatoms. The van der Waals surface area contributed by atoms with E-state index >= 15 is 0 Å². The Kier molecular flexibility index (Phi) is 13.6. The number of rotatable bonds is 15. The first-order chi connectivity index (χ1) is 19.7. The molecular weight excluding hydrogens is 530 g/mol. The highest BCUT2D eigenvalue weighted by Crippen LogP contribution is 2.40. The Morgan fingerprint density at radius 3 is 2.12 bits per heavy atom. The van der Waals surface area contributed by atoms with Crippen molar-refractivity contribution in [2.24, 2.45) is 5.92 Å². The molecule has 41 heavy (non-hydrogen) atoms. The minimum Gasteiger partial charge on any atom is -0.445 e. The SMILES string of the molecule is CC(C)(C)OC(=O)N1[C@H](C(=O)NCCOCCOCCOCCNC(=O)OCc2ccccc2)C[C@@H]2CCCC[C@@H]21. The molecule has 0 unspecified atom stereocenters. The van der Waals surface area contributed by atoms with Gasteiger partial charge in [0, 0.05) is 19.1 Å². The van der Waals surface area contributed by atoms with Crippen LogP contribution in [0.5, 0.6) is 0 Å². The fraction of sp³-hybridized carbons (Fsp3) is 0.700. The highest BCUT2D eigenvalue weighted by molar-refractivity contribution is 5.86. The van der Waals surface area contributed by atoms with Crippen LogP contribution in [0.2, 0.25) is 0 Å². The van der Waals surface area contributed by atoms with E-state index in [2.05, 4.69) is 10.6 Å². The fourth-order valence-electron chi connectivity index (χ4n) is 5.18. The third-order valence-corrected chi connectivity index (χ3v) is 7.01. The summed E-state index contributed by atoms with van der Waals surface area (Å²) >= 11 is 0. The van der Waals surface area contributed by atoms with Gasteiger partial charge >= 0.3 is 12.2 Å². The van der Waals surface area contributed by atoms with Gasteiger partial charge in [-0.3, -0.25) is 9.69 Å². The van der Waals surface area contributed by atoms with Crippen molar-refractivity contribution in [3.05, 3.63) is 35.9 Å². The van der Waals surface area contributed by atoms with Crippen molar-refractivity contribution >= 4 is 18.1 Å². The van der Waals surface area contributed by atoms with Crippen LogP contribution in [0.1, 0.15) is 58.4 Å². The molecule has 3 rings (SSSR count). The molecule has 1 aliphatic heterocycles. The number of hydrogen-bond acceptors (Lipinski definition) is 8. The number of fused-ring (bicyclic) bond motifs is 1. The van der Waals surface area contributed by atoms with Crippen LogP contribution in [0.25, 0.3) is 0 Å². The standard InChI is InChI=1S/C30H47N3O8/c1-30(2,3)41-29(36)33-25-12-8-7-11-24(25)21-26(33)27(34)31-13-15-37-17-19-39-20-18-38-16-14-32-28(35)40-22-23-9-5-4-6-10-23/h4-6,9-10,24-26H,7-8,11-22H2,1-3H3,(H,31,34)(H,32,35)/t24-,25-,26-/m0/s1. The lowest BCUT2D eigenvalue weighted by Crippen LogP contribution is -2.51. The Labute approximate surface area is 243 Å². The van der Waals surface area contributed by atoms with Crippen molar-refractivity contribution in [1.29, 1.82) is 0 Å². The Balaban J connectivity index is 1.18. The Morgan fingerprint density at radius 2 is 1.46 bits per heavy atom. The Morgan fingerprint density at radius 1 is 0.854 bits per heavy atom. The van der Waals surface area contributed by atoms with Gasteiger partial charge in [0.2, 0.25) is 5.91 Å². The van der Waals surface area contributed by atoms with E-state index in [9.17, 15) is 14.4 Å². The number of amides is 3. The summed E-state index contributed by atoms with van der Waals surface area (Å²) in [5.41, 5.74) is 0.320. The number of benzene rings is 1. The summed E-state index contributed by atoms with van der Waals surface area (Å²) in [6.07, 6.45) is 3.97. The zero-order chi connectivity index (χ0) is 29.5. The molecule has 0 radical (unpaired) electrons. The lowest BCUT2D eigenvalue weighted by molar-refractivity contribution is -0.126. The molecule has 1 aliphatic carbocycles. The van der Waals surface area contributed by atoms with Crippen LogP contribution >= 0.6 is 0 Å². The number of carbonyl (C=O) groups is 3. The molecule has 1 saturated heterocycles. The maximum Gasteiger partial charge on any atom is 0.411 e. The van der Waals surface area contributed by atoms with Crippen molar-refractivity contribution in [1.82, 2.24) is 15.5 Å². The van der Waals surface area contributed by atoms with Gasteiger partial charge in [-0.05, 0) is 51.5 Å². The van der Waals surface area contributed by atoms with Crippen LogP contribution < -0.4 is 10.6 Å². The molecule has 11 nitrogen and oxygen atoms in total. The maximum atomic E-state index is 13.0. The minimum atomic E-state index is -0.608. The zero-order valence-corrected chi connectivity index (χ0v) is 24.7. The number of nitrogens with zero attached hydrogens (tertiary/aromatic N) is 1. The van der Waals surface area contributed by atoms with Crippen molar-refractivity contribution < 1.29 is 38.1 Å². The number of ether oxygens (including phenoxy) is 5. The average molecular weight is 578 g/mol. The van der Waals surface area contributed by atoms with Gasteiger partial charge in [0.25, 0.3) is 0 Å². The van der Waals surface area contributed by atoms with Gasteiger partial charge in [0.1, 0.15) is 18.2 Å². The topological polar surface area (TPSA) is 125 Å². The van der Waals surface area contributed by atoms with Gasteiger partial charge in [0.05, 0.1) is 39.6 Å². The summed E-state index contributed by atoms with van der Waals surface area (Å²) in [6, 6.07) is 9.05. The summed E-state index contributed by atoms with van der Waals surface area (Å²) in [4.78, 5) is 39.3. The molecule has 1 aromatic rings. The molecule has 3 amide bonds. The van der Waals surface area contributed by atoms with Crippen LogP contribution in [0.3, 0.4) is 0 Å². The maximum absolute atomic E-state index is 13.0. The van der Waals surface area contributed by atoms with Crippen molar-refractivity contribution in [2.75, 3.05) is 52.7 Å². The molecule has 1 heterocycles. The third kappa shape index (κ3) is 11.9. The smallest absolute Gasteiger partial charge is 0.411 e. The minimum absolute atomic E-state index is 0.0735. The Hall–Kier alpha value is -2.89. The van der Waals surface area contributed by atoms with E-state index in [-0.39, 0.29) is 18.6 Å². The molecule has 2 fully saturated rings. The van der Waals surface area contributed by atoms with E-state index in [1.165, 1.54) is 0 Å². The number of likely N-dealkylation sites (tertiary alicyclic amines) is 1. The molecule has 1 saturated carbocycles. The van der Waals surface area contributed by atoms with Crippen LogP contribution in [-0.2, 0) is 35.1 Å². The summed E-state index contributed by atoms with van der Waals surface area (Å²) in [5.74, 6) is 0.197. The first-order valence-electron chi connectivity index (χ1n) is 14.7. The van der Waals surface area contributed by atoms with Crippen molar-refractivity contribution in [3.8, 4) is 0 Å². The van der Waals surface area contributed by atoms with Crippen molar-refractivity contribution in [3.63, 3.8) is 0 Å². The number of nitrogens with one attached hydrogen (secondary N) is 2. The quantitative estimate of drug-likeness (QED) is 0.303. The average Bonchev–Trinajstić information content (AvgIpc) is 3.34. The second-order valence-corrected chi connectivity index (χ2v) is 11.4. The molecule has 0 aromatic heterocycles. The van der Waals surface area contributed by atoms with Gasteiger partial charge in [-0.2, -0.15) is 0 Å². The number of alkyl carbamates (subject to hydrolysis) is 1. The lowest BCUT2D eigenvalue weighted by atomic mass is 9.85. The molecule has 1 aromatic carbocycles. The molecule has 2 N–H and O–H groups in total. The molecule has 2 aliphatic rings. The zero-order valence-electron chi connectivity index (χ0n) is 24.7. The van der Waals surface area contributed by atoms with Gasteiger partial charge in [-0.15, -0.1) is 0 Å². The van der Waals surface area contributed by atoms with E-state index < -0.39 is 23.8 Å². The summed E-state index contributed by atoms with van der Waals surface area (Å²) < 4.78 is 27.2. The van der Waals surface area contributed by atoms with E-state index in [4.69, 9.17) is 23.7 Å². The molecule has 0 spiro atoms. The van der Waals surface area contributed by atoms with Gasteiger partial charge in [0.15, 0.2) is 0 Å². The highest BCUT2D eigenvalue weighted by atomic mass is 16.6. The molecular formula is C30H47N3O8. The summed E-state index contributed by atoms with van der Waals surface area (Å²) in [6.45, 7) is 8.76. The van der Waals surface area contributed by atoms with Crippen LogP contribution in [0.4, 0.5) is 9.59 Å². The third-order valence-electron chi connectivity index (χ3n) is 7.01. The van der Waals surface area contributed by atoms with E-state index in [0.29, 0.717) is 65.1 Å². The van der Waals surface area contributed by atoms with Crippen LogP contribution in [0, 0.1) is 5.92 Å². The molecule has 230 valence electrons.